The molecule has 2 N–H and O–H groups in total. The van der Waals surface area contributed by atoms with E-state index in [-0.39, 0.29) is 12.6 Å². The Kier molecular flexibility index (Phi) is 2.10. The van der Waals surface area contributed by atoms with Crippen LogP contribution in [0.4, 0.5) is 5.69 Å². The molecular weight excluding hydrogens is 166 g/mol. The molecule has 0 saturated carbocycles. The fraction of sp³-hybridized carbons (Fsp3) is 0.400. The Balaban J connectivity index is 2.27. The highest BCUT2D eigenvalue weighted by molar-refractivity contribution is 5.59. The lowest BCUT2D eigenvalue weighted by Crippen LogP contribution is -2.34. The number of benzene rings is 1. The molecule has 13 heavy (non-hydrogen) atoms. The summed E-state index contributed by atoms with van der Waals surface area (Å²) in [5, 5.41) is 12.2. The van der Waals surface area contributed by atoms with E-state index in [9.17, 15) is 0 Å². The lowest BCUT2D eigenvalue weighted by molar-refractivity contribution is 0.207. The molecule has 1 atom stereocenters. The number of fused-ring (bicyclic) bond motifs is 1. The zero-order valence-corrected chi connectivity index (χ0v) is 7.58. The summed E-state index contributed by atoms with van der Waals surface area (Å²) in [6.07, 6.45) is 0. The molecule has 1 aromatic carbocycles. The lowest BCUT2D eigenvalue weighted by Gasteiger charge is -2.26. The zero-order valence-electron chi connectivity index (χ0n) is 7.58. The minimum atomic E-state index is 0.0225. The highest BCUT2D eigenvalue weighted by Crippen LogP contribution is 2.29. The largest absolute Gasteiger partial charge is 0.489 e. The van der Waals surface area contributed by atoms with Gasteiger partial charge in [0.2, 0.25) is 0 Å². The minimum absolute atomic E-state index is 0.0225. The van der Waals surface area contributed by atoms with E-state index in [1.165, 1.54) is 5.56 Å². The predicted molar refractivity (Wildman–Crippen MR) is 51.2 cm³/mol. The van der Waals surface area contributed by atoms with Gasteiger partial charge in [0, 0.05) is 0 Å². The first-order valence-corrected chi connectivity index (χ1v) is 4.40. The van der Waals surface area contributed by atoms with Crippen LogP contribution in [0.5, 0.6) is 5.75 Å². The third-order valence-corrected chi connectivity index (χ3v) is 2.16. The highest BCUT2D eigenvalue weighted by Gasteiger charge is 2.17. The van der Waals surface area contributed by atoms with Crippen molar-refractivity contribution in [2.75, 3.05) is 18.5 Å². The van der Waals surface area contributed by atoms with Crippen molar-refractivity contribution in [2.45, 2.75) is 13.0 Å². The first-order chi connectivity index (χ1) is 6.29. The third kappa shape index (κ3) is 1.60. The number of hydrogen-bond acceptors (Lipinski definition) is 3. The average Bonchev–Trinajstić information content (AvgIpc) is 2.16. The molecule has 0 aromatic heterocycles. The second-order valence-electron chi connectivity index (χ2n) is 3.33. The van der Waals surface area contributed by atoms with Gasteiger partial charge in [-0.1, -0.05) is 6.07 Å². The molecular formula is C10H13NO2. The minimum Gasteiger partial charge on any atom is -0.489 e. The lowest BCUT2D eigenvalue weighted by atomic mass is 10.1. The molecule has 70 valence electrons. The number of anilines is 1. The summed E-state index contributed by atoms with van der Waals surface area (Å²) in [7, 11) is 0. The van der Waals surface area contributed by atoms with Crippen molar-refractivity contribution in [3.05, 3.63) is 23.8 Å². The Labute approximate surface area is 77.3 Å². The van der Waals surface area contributed by atoms with Crippen molar-refractivity contribution >= 4 is 5.69 Å². The maximum Gasteiger partial charge on any atom is 0.142 e. The number of hydrogen-bond donors (Lipinski definition) is 2. The van der Waals surface area contributed by atoms with E-state index >= 15 is 0 Å². The Morgan fingerprint density at radius 1 is 1.62 bits per heavy atom. The summed E-state index contributed by atoms with van der Waals surface area (Å²) >= 11 is 0. The van der Waals surface area contributed by atoms with E-state index in [0.717, 1.165) is 11.4 Å². The van der Waals surface area contributed by atoms with Crippen LogP contribution in [0.1, 0.15) is 5.56 Å². The number of rotatable bonds is 1. The predicted octanol–water partition coefficient (Wildman–Crippen LogP) is 1.16. The van der Waals surface area contributed by atoms with Crippen LogP contribution in [0.25, 0.3) is 0 Å². The van der Waals surface area contributed by atoms with Gasteiger partial charge in [0.25, 0.3) is 0 Å². The Hall–Kier alpha value is -1.22. The van der Waals surface area contributed by atoms with Gasteiger partial charge in [-0.2, -0.15) is 0 Å². The topological polar surface area (TPSA) is 41.5 Å². The quantitative estimate of drug-likeness (QED) is 0.679. The number of aryl methyl sites for hydroxylation is 1. The molecule has 0 spiro atoms. The normalized spacial score (nSPS) is 20.0. The van der Waals surface area contributed by atoms with Crippen molar-refractivity contribution in [1.29, 1.82) is 0 Å². The van der Waals surface area contributed by atoms with Crippen LogP contribution in [0, 0.1) is 6.92 Å². The molecule has 0 amide bonds. The summed E-state index contributed by atoms with van der Waals surface area (Å²) in [5.74, 6) is 0.871. The molecule has 1 aliphatic rings. The van der Waals surface area contributed by atoms with E-state index in [2.05, 4.69) is 5.32 Å². The Bertz CT molecular complexity index is 312. The van der Waals surface area contributed by atoms with Crippen LogP contribution < -0.4 is 10.1 Å². The first kappa shape index (κ1) is 8.38. The smallest absolute Gasteiger partial charge is 0.142 e. The molecule has 1 heterocycles. The summed E-state index contributed by atoms with van der Waals surface area (Å²) < 4.78 is 5.46. The molecule has 2 rings (SSSR count). The van der Waals surface area contributed by atoms with Crippen molar-refractivity contribution in [3.63, 3.8) is 0 Å². The second kappa shape index (κ2) is 3.26. The van der Waals surface area contributed by atoms with Crippen LogP contribution >= 0.6 is 0 Å². The molecule has 0 radical (unpaired) electrons. The molecule has 3 heteroatoms. The number of aliphatic hydroxyl groups is 1. The van der Waals surface area contributed by atoms with Gasteiger partial charge in [-0.15, -0.1) is 0 Å². The van der Waals surface area contributed by atoms with Gasteiger partial charge in [0.1, 0.15) is 12.4 Å². The summed E-state index contributed by atoms with van der Waals surface area (Å²) in [4.78, 5) is 0. The maximum absolute atomic E-state index is 8.94. The standard InChI is InChI=1S/C10H13NO2/c1-7-2-3-10-9(4-7)11-8(5-12)6-13-10/h2-4,8,11-12H,5-6H2,1H3/t8-/m1/s1. The number of ether oxygens (including phenoxy) is 1. The Morgan fingerprint density at radius 2 is 2.46 bits per heavy atom. The van der Waals surface area contributed by atoms with Crippen LogP contribution in [0.3, 0.4) is 0 Å². The van der Waals surface area contributed by atoms with E-state index in [0.29, 0.717) is 6.61 Å². The van der Waals surface area contributed by atoms with Gasteiger partial charge in [-0.25, -0.2) is 0 Å². The van der Waals surface area contributed by atoms with Gasteiger partial charge in [0.15, 0.2) is 0 Å². The van der Waals surface area contributed by atoms with E-state index < -0.39 is 0 Å². The van der Waals surface area contributed by atoms with E-state index in [1.807, 2.05) is 25.1 Å². The fourth-order valence-electron chi connectivity index (χ4n) is 1.43. The van der Waals surface area contributed by atoms with Crippen LogP contribution in [-0.4, -0.2) is 24.4 Å². The van der Waals surface area contributed by atoms with Gasteiger partial charge >= 0.3 is 0 Å². The third-order valence-electron chi connectivity index (χ3n) is 2.16. The monoisotopic (exact) mass is 179 g/mol. The van der Waals surface area contributed by atoms with Crippen LogP contribution in [0.2, 0.25) is 0 Å². The molecule has 0 aliphatic carbocycles. The maximum atomic E-state index is 8.94. The highest BCUT2D eigenvalue weighted by atomic mass is 16.5. The van der Waals surface area contributed by atoms with Crippen molar-refractivity contribution < 1.29 is 9.84 Å². The van der Waals surface area contributed by atoms with Gasteiger partial charge in [0.05, 0.1) is 18.3 Å². The van der Waals surface area contributed by atoms with Crippen LogP contribution in [0.15, 0.2) is 18.2 Å². The van der Waals surface area contributed by atoms with Crippen molar-refractivity contribution in [1.82, 2.24) is 0 Å². The summed E-state index contributed by atoms with van der Waals surface area (Å²) in [6.45, 7) is 2.67. The second-order valence-corrected chi connectivity index (χ2v) is 3.33. The molecule has 1 aromatic rings. The first-order valence-electron chi connectivity index (χ1n) is 4.40. The summed E-state index contributed by atoms with van der Waals surface area (Å²) in [5.41, 5.74) is 2.17. The molecule has 3 nitrogen and oxygen atoms in total. The molecule has 0 bridgehead atoms. The number of nitrogens with one attached hydrogen (secondary N) is 1. The van der Waals surface area contributed by atoms with Gasteiger partial charge < -0.3 is 15.2 Å². The van der Waals surface area contributed by atoms with Crippen LogP contribution in [-0.2, 0) is 0 Å². The van der Waals surface area contributed by atoms with Crippen molar-refractivity contribution in [2.24, 2.45) is 0 Å². The SMILES string of the molecule is Cc1ccc2c(c1)N[C@H](CO)CO2. The fourth-order valence-corrected chi connectivity index (χ4v) is 1.43. The van der Waals surface area contributed by atoms with Crippen molar-refractivity contribution in [3.8, 4) is 5.75 Å². The Morgan fingerprint density at radius 3 is 3.23 bits per heavy atom. The van der Waals surface area contributed by atoms with E-state index in [1.54, 1.807) is 0 Å². The molecule has 0 fully saturated rings. The molecule has 1 aliphatic heterocycles. The molecule has 0 unspecified atom stereocenters. The average molecular weight is 179 g/mol. The zero-order chi connectivity index (χ0) is 9.26. The van der Waals surface area contributed by atoms with E-state index in [4.69, 9.17) is 9.84 Å². The van der Waals surface area contributed by atoms with Gasteiger partial charge in [-0.3, -0.25) is 0 Å². The van der Waals surface area contributed by atoms with Gasteiger partial charge in [-0.05, 0) is 24.6 Å². The molecule has 0 saturated heterocycles. The number of aliphatic hydroxyl groups excluding tert-OH is 1. The summed E-state index contributed by atoms with van der Waals surface area (Å²) in [6, 6.07) is 6.01.